The number of nitrogens with zero attached hydrogens (tertiary/aromatic N) is 2. The first-order valence-electron chi connectivity index (χ1n) is 5.70. The van der Waals surface area contributed by atoms with Gasteiger partial charge in [-0.1, -0.05) is 35.3 Å². The number of nitrogens with one attached hydrogen (secondary N) is 1. The molecule has 100 valence electrons. The highest BCUT2D eigenvalue weighted by atomic mass is 35.5. The van der Waals surface area contributed by atoms with Gasteiger partial charge >= 0.3 is 0 Å². The maximum Gasteiger partial charge on any atom is 0.148 e. The Morgan fingerprint density at radius 3 is 2.53 bits per heavy atom. The summed E-state index contributed by atoms with van der Waals surface area (Å²) in [7, 11) is 0. The third-order valence-corrected chi connectivity index (χ3v) is 3.19. The van der Waals surface area contributed by atoms with E-state index < -0.39 is 6.17 Å². The van der Waals surface area contributed by atoms with Gasteiger partial charge < -0.3 is 5.32 Å². The lowest BCUT2D eigenvalue weighted by Crippen LogP contribution is -2.05. The molecule has 1 N–H and O–H groups in total. The van der Waals surface area contributed by atoms with Crippen LogP contribution in [0.1, 0.15) is 24.4 Å². The fourth-order valence-electron chi connectivity index (χ4n) is 1.57. The molecule has 1 aromatic heterocycles. The van der Waals surface area contributed by atoms with Crippen molar-refractivity contribution in [1.82, 2.24) is 9.97 Å². The first-order valence-corrected chi connectivity index (χ1v) is 6.46. The minimum absolute atomic E-state index is 0.190. The van der Waals surface area contributed by atoms with Crippen molar-refractivity contribution in [2.75, 3.05) is 5.32 Å². The third-order valence-electron chi connectivity index (χ3n) is 2.57. The Balaban J connectivity index is 2.11. The van der Waals surface area contributed by atoms with Crippen LogP contribution < -0.4 is 5.32 Å². The van der Waals surface area contributed by atoms with Crippen LogP contribution in [0.2, 0.25) is 10.0 Å². The molecule has 3 nitrogen and oxygen atoms in total. The van der Waals surface area contributed by atoms with Crippen LogP contribution in [0.5, 0.6) is 0 Å². The lowest BCUT2D eigenvalue weighted by atomic mass is 10.2. The van der Waals surface area contributed by atoms with Crippen LogP contribution in [-0.2, 0) is 6.54 Å². The topological polar surface area (TPSA) is 37.8 Å². The van der Waals surface area contributed by atoms with Gasteiger partial charge in [0.2, 0.25) is 0 Å². The lowest BCUT2D eigenvalue weighted by molar-refractivity contribution is 0.365. The number of benzene rings is 1. The molecule has 2 aromatic rings. The fraction of sp³-hybridized carbons (Fsp3) is 0.231. The Kier molecular flexibility index (Phi) is 4.56. The number of rotatable bonds is 4. The normalized spacial score (nSPS) is 12.2. The molecule has 1 aromatic carbocycles. The quantitative estimate of drug-likeness (QED) is 0.908. The Hall–Kier alpha value is -1.39. The molecule has 0 aliphatic carbocycles. The van der Waals surface area contributed by atoms with Crippen LogP contribution in [0.4, 0.5) is 10.2 Å². The summed E-state index contributed by atoms with van der Waals surface area (Å²) in [6.07, 6.45) is 0.0631. The van der Waals surface area contributed by atoms with Crippen LogP contribution in [0, 0.1) is 0 Å². The predicted molar refractivity (Wildman–Crippen MR) is 75.3 cm³/mol. The largest absolute Gasteiger partial charge is 0.365 e. The summed E-state index contributed by atoms with van der Waals surface area (Å²) in [4.78, 5) is 7.84. The molecule has 1 heterocycles. The molecule has 0 radical (unpaired) electrons. The molecule has 0 saturated heterocycles. The van der Waals surface area contributed by atoms with E-state index in [1.54, 1.807) is 12.1 Å². The maximum absolute atomic E-state index is 13.3. The monoisotopic (exact) mass is 299 g/mol. The van der Waals surface area contributed by atoms with E-state index in [1.807, 2.05) is 12.1 Å². The smallest absolute Gasteiger partial charge is 0.148 e. The number of aromatic nitrogens is 2. The van der Waals surface area contributed by atoms with E-state index in [0.29, 0.717) is 17.4 Å². The van der Waals surface area contributed by atoms with Gasteiger partial charge in [-0.05, 0) is 24.6 Å². The van der Waals surface area contributed by atoms with E-state index in [2.05, 4.69) is 15.3 Å². The van der Waals surface area contributed by atoms with E-state index in [4.69, 9.17) is 23.2 Å². The van der Waals surface area contributed by atoms with Crippen molar-refractivity contribution in [2.45, 2.75) is 19.6 Å². The van der Waals surface area contributed by atoms with Gasteiger partial charge in [0.25, 0.3) is 0 Å². The van der Waals surface area contributed by atoms with E-state index >= 15 is 0 Å². The highest BCUT2D eigenvalue weighted by Gasteiger charge is 2.14. The van der Waals surface area contributed by atoms with Gasteiger partial charge in [-0.3, -0.25) is 0 Å². The third kappa shape index (κ3) is 3.55. The standard InChI is InChI=1S/C13H12Cl2FN3/c1-8(16)12-11(15)13(19-7-18-12)17-6-9-2-4-10(14)5-3-9/h2-5,7-8H,6H2,1H3,(H,17,18,19). The summed E-state index contributed by atoms with van der Waals surface area (Å²) in [5.74, 6) is 0.422. The summed E-state index contributed by atoms with van der Waals surface area (Å²) in [6, 6.07) is 7.39. The summed E-state index contributed by atoms with van der Waals surface area (Å²) in [6.45, 7) is 1.91. The molecule has 0 spiro atoms. The van der Waals surface area contributed by atoms with Crippen molar-refractivity contribution >= 4 is 29.0 Å². The van der Waals surface area contributed by atoms with E-state index in [0.717, 1.165) is 5.56 Å². The molecular weight excluding hydrogens is 288 g/mol. The van der Waals surface area contributed by atoms with Gasteiger partial charge in [-0.2, -0.15) is 0 Å². The Morgan fingerprint density at radius 1 is 1.21 bits per heavy atom. The first kappa shape index (κ1) is 14.0. The number of hydrogen-bond donors (Lipinski definition) is 1. The molecule has 0 amide bonds. The van der Waals surface area contributed by atoms with Crippen molar-refractivity contribution < 1.29 is 4.39 Å². The molecular formula is C13H12Cl2FN3. The van der Waals surface area contributed by atoms with Crippen LogP contribution in [0.25, 0.3) is 0 Å². The fourth-order valence-corrected chi connectivity index (χ4v) is 2.01. The second-order valence-electron chi connectivity index (χ2n) is 4.02. The van der Waals surface area contributed by atoms with Crippen LogP contribution in [-0.4, -0.2) is 9.97 Å². The average Bonchev–Trinajstić information content (AvgIpc) is 2.39. The Labute approximate surface area is 120 Å². The van der Waals surface area contributed by atoms with Crippen molar-refractivity contribution in [3.63, 3.8) is 0 Å². The molecule has 0 aliphatic heterocycles. The summed E-state index contributed by atoms with van der Waals surface area (Å²) >= 11 is 11.9. The second kappa shape index (κ2) is 6.17. The summed E-state index contributed by atoms with van der Waals surface area (Å²) in [5, 5.41) is 3.94. The van der Waals surface area contributed by atoms with Gasteiger partial charge in [-0.15, -0.1) is 0 Å². The molecule has 1 unspecified atom stereocenters. The molecule has 0 aliphatic rings. The summed E-state index contributed by atoms with van der Waals surface area (Å²) in [5.41, 5.74) is 1.21. The highest BCUT2D eigenvalue weighted by Crippen LogP contribution is 2.28. The highest BCUT2D eigenvalue weighted by molar-refractivity contribution is 6.33. The van der Waals surface area contributed by atoms with Crippen molar-refractivity contribution in [3.05, 3.63) is 51.9 Å². The van der Waals surface area contributed by atoms with Gasteiger partial charge in [0.15, 0.2) is 0 Å². The van der Waals surface area contributed by atoms with Gasteiger partial charge in [0.05, 0.1) is 5.69 Å². The number of anilines is 1. The average molecular weight is 300 g/mol. The number of alkyl halides is 1. The van der Waals surface area contributed by atoms with E-state index in [1.165, 1.54) is 13.3 Å². The molecule has 19 heavy (non-hydrogen) atoms. The van der Waals surface area contributed by atoms with Crippen molar-refractivity contribution in [3.8, 4) is 0 Å². The van der Waals surface area contributed by atoms with Crippen LogP contribution >= 0.6 is 23.2 Å². The zero-order valence-corrected chi connectivity index (χ0v) is 11.7. The molecule has 1 atom stereocenters. The number of hydrogen-bond acceptors (Lipinski definition) is 3. The Bertz CT molecular complexity index is 558. The first-order chi connectivity index (χ1) is 9.08. The minimum atomic E-state index is -1.23. The molecule has 6 heteroatoms. The second-order valence-corrected chi connectivity index (χ2v) is 4.83. The predicted octanol–water partition coefficient (Wildman–Crippen LogP) is 4.43. The molecule has 0 saturated carbocycles. The van der Waals surface area contributed by atoms with Gasteiger partial charge in [0, 0.05) is 11.6 Å². The molecule has 0 bridgehead atoms. The van der Waals surface area contributed by atoms with Crippen molar-refractivity contribution in [1.29, 1.82) is 0 Å². The van der Waals surface area contributed by atoms with Gasteiger partial charge in [0.1, 0.15) is 23.3 Å². The molecule has 2 rings (SSSR count). The number of halogens is 3. The zero-order valence-electron chi connectivity index (χ0n) is 10.2. The van der Waals surface area contributed by atoms with Gasteiger partial charge in [-0.25, -0.2) is 14.4 Å². The Morgan fingerprint density at radius 2 is 1.89 bits per heavy atom. The van der Waals surface area contributed by atoms with Crippen LogP contribution in [0.15, 0.2) is 30.6 Å². The SMILES string of the molecule is CC(F)c1ncnc(NCc2ccc(Cl)cc2)c1Cl. The van der Waals surface area contributed by atoms with Crippen molar-refractivity contribution in [2.24, 2.45) is 0 Å². The van der Waals surface area contributed by atoms with E-state index in [-0.39, 0.29) is 10.7 Å². The molecule has 0 fully saturated rings. The maximum atomic E-state index is 13.3. The lowest BCUT2D eigenvalue weighted by Gasteiger charge is -2.10. The summed E-state index contributed by atoms with van der Waals surface area (Å²) < 4.78 is 13.3. The zero-order chi connectivity index (χ0) is 13.8. The van der Waals surface area contributed by atoms with Crippen LogP contribution in [0.3, 0.4) is 0 Å². The van der Waals surface area contributed by atoms with E-state index in [9.17, 15) is 4.39 Å². The minimum Gasteiger partial charge on any atom is -0.365 e.